The molecule has 0 fully saturated rings. The van der Waals surface area contributed by atoms with Gasteiger partial charge in [-0.05, 0) is 18.2 Å². The zero-order valence-electron chi connectivity index (χ0n) is 9.30. The SMILES string of the molecule is O=c1oc2ccc3c(c2c2ccccc12)OCO3. The minimum absolute atomic E-state index is 0.196. The van der Waals surface area contributed by atoms with Crippen LogP contribution < -0.4 is 15.1 Å². The van der Waals surface area contributed by atoms with E-state index in [-0.39, 0.29) is 12.4 Å². The molecule has 0 unspecified atom stereocenters. The Morgan fingerprint density at radius 2 is 1.78 bits per heavy atom. The first kappa shape index (κ1) is 9.53. The number of fused-ring (bicyclic) bond motifs is 5. The molecule has 0 bridgehead atoms. The number of ether oxygens (including phenoxy) is 2. The molecule has 0 saturated carbocycles. The first-order valence-corrected chi connectivity index (χ1v) is 5.59. The Bertz CT molecular complexity index is 832. The molecule has 2 heterocycles. The first-order valence-electron chi connectivity index (χ1n) is 5.59. The fourth-order valence-corrected chi connectivity index (χ4v) is 2.33. The first-order chi connectivity index (χ1) is 8.84. The summed E-state index contributed by atoms with van der Waals surface area (Å²) in [6.07, 6.45) is 0. The van der Waals surface area contributed by atoms with Gasteiger partial charge in [-0.25, -0.2) is 4.79 Å². The van der Waals surface area contributed by atoms with Gasteiger partial charge in [0.25, 0.3) is 0 Å². The fraction of sp³-hybridized carbons (Fsp3) is 0.0714. The van der Waals surface area contributed by atoms with Gasteiger partial charge in [0.15, 0.2) is 11.5 Å². The van der Waals surface area contributed by atoms with E-state index in [1.165, 1.54) is 0 Å². The minimum Gasteiger partial charge on any atom is -0.454 e. The molecule has 3 aromatic rings. The predicted octanol–water partition coefficient (Wildman–Crippen LogP) is 2.67. The van der Waals surface area contributed by atoms with Crippen LogP contribution >= 0.6 is 0 Å². The van der Waals surface area contributed by atoms with E-state index in [2.05, 4.69) is 0 Å². The Morgan fingerprint density at radius 3 is 2.67 bits per heavy atom. The summed E-state index contributed by atoms with van der Waals surface area (Å²) < 4.78 is 16.1. The predicted molar refractivity (Wildman–Crippen MR) is 66.1 cm³/mol. The van der Waals surface area contributed by atoms with E-state index in [0.717, 1.165) is 10.8 Å². The highest BCUT2D eigenvalue weighted by atomic mass is 16.7. The van der Waals surface area contributed by atoms with Crippen LogP contribution in [0.4, 0.5) is 0 Å². The summed E-state index contributed by atoms with van der Waals surface area (Å²) in [4.78, 5) is 11.9. The van der Waals surface area contributed by atoms with Crippen LogP contribution in [-0.2, 0) is 0 Å². The lowest BCUT2D eigenvalue weighted by Crippen LogP contribution is -1.99. The molecule has 4 rings (SSSR count). The molecule has 2 aromatic carbocycles. The topological polar surface area (TPSA) is 48.7 Å². The van der Waals surface area contributed by atoms with Crippen LogP contribution in [0.1, 0.15) is 0 Å². The van der Waals surface area contributed by atoms with Crippen LogP contribution in [0.15, 0.2) is 45.6 Å². The molecule has 0 atom stereocenters. The van der Waals surface area contributed by atoms with E-state index in [9.17, 15) is 4.79 Å². The highest BCUT2D eigenvalue weighted by molar-refractivity contribution is 6.08. The van der Waals surface area contributed by atoms with Crippen LogP contribution in [0.3, 0.4) is 0 Å². The summed E-state index contributed by atoms with van der Waals surface area (Å²) in [6.45, 7) is 0.196. The van der Waals surface area contributed by atoms with Gasteiger partial charge in [0, 0.05) is 5.39 Å². The van der Waals surface area contributed by atoms with Crippen molar-refractivity contribution in [3.05, 3.63) is 46.8 Å². The summed E-state index contributed by atoms with van der Waals surface area (Å²) in [5.41, 5.74) is 0.180. The van der Waals surface area contributed by atoms with Crippen molar-refractivity contribution in [3.8, 4) is 11.5 Å². The quantitative estimate of drug-likeness (QED) is 0.447. The summed E-state index contributed by atoms with van der Waals surface area (Å²) in [5.74, 6) is 1.33. The van der Waals surface area contributed by atoms with Gasteiger partial charge < -0.3 is 13.9 Å². The number of benzene rings is 2. The van der Waals surface area contributed by atoms with Crippen molar-refractivity contribution in [3.63, 3.8) is 0 Å². The maximum atomic E-state index is 11.9. The lowest BCUT2D eigenvalue weighted by molar-refractivity contribution is 0.175. The fourth-order valence-electron chi connectivity index (χ4n) is 2.33. The normalized spacial score (nSPS) is 13.3. The summed E-state index contributed by atoms with van der Waals surface area (Å²) in [6, 6.07) is 10.8. The lowest BCUT2D eigenvalue weighted by atomic mass is 10.1. The number of rotatable bonds is 0. The van der Waals surface area contributed by atoms with Crippen LogP contribution in [0.2, 0.25) is 0 Å². The van der Waals surface area contributed by atoms with E-state index < -0.39 is 0 Å². The van der Waals surface area contributed by atoms with Gasteiger partial charge in [0.05, 0.1) is 10.8 Å². The second-order valence-corrected chi connectivity index (χ2v) is 4.11. The van der Waals surface area contributed by atoms with Gasteiger partial charge in [0.1, 0.15) is 5.58 Å². The Balaban J connectivity index is 2.33. The van der Waals surface area contributed by atoms with Crippen LogP contribution in [-0.4, -0.2) is 6.79 Å². The molecular formula is C14H8O4. The molecule has 88 valence electrons. The van der Waals surface area contributed by atoms with Crippen LogP contribution in [0, 0.1) is 0 Å². The third-order valence-electron chi connectivity index (χ3n) is 3.12. The van der Waals surface area contributed by atoms with Gasteiger partial charge in [-0.2, -0.15) is 0 Å². The van der Waals surface area contributed by atoms with Crippen molar-refractivity contribution >= 4 is 21.7 Å². The largest absolute Gasteiger partial charge is 0.454 e. The third-order valence-corrected chi connectivity index (χ3v) is 3.12. The second kappa shape index (κ2) is 3.26. The van der Waals surface area contributed by atoms with Crippen LogP contribution in [0.25, 0.3) is 21.7 Å². The Morgan fingerprint density at radius 1 is 0.944 bits per heavy atom. The highest BCUT2D eigenvalue weighted by Gasteiger charge is 2.20. The van der Waals surface area contributed by atoms with Crippen molar-refractivity contribution < 1.29 is 13.9 Å². The van der Waals surface area contributed by atoms with Crippen molar-refractivity contribution in [1.29, 1.82) is 0 Å². The number of hydrogen-bond donors (Lipinski definition) is 0. The van der Waals surface area contributed by atoms with E-state index in [1.54, 1.807) is 18.2 Å². The van der Waals surface area contributed by atoms with Gasteiger partial charge in [-0.1, -0.05) is 18.2 Å². The van der Waals surface area contributed by atoms with Crippen molar-refractivity contribution in [2.45, 2.75) is 0 Å². The van der Waals surface area contributed by atoms with Gasteiger partial charge in [-0.15, -0.1) is 0 Å². The maximum Gasteiger partial charge on any atom is 0.344 e. The molecule has 0 saturated heterocycles. The van der Waals surface area contributed by atoms with E-state index in [0.29, 0.717) is 22.5 Å². The molecule has 0 amide bonds. The summed E-state index contributed by atoms with van der Waals surface area (Å²) in [7, 11) is 0. The zero-order chi connectivity index (χ0) is 12.1. The van der Waals surface area contributed by atoms with Crippen molar-refractivity contribution in [2.24, 2.45) is 0 Å². The minimum atomic E-state index is -0.336. The standard InChI is InChI=1S/C14H8O4/c15-14-9-4-2-1-3-8(9)12-10(18-14)5-6-11-13(12)17-7-16-11/h1-6H,7H2. The molecule has 0 aliphatic carbocycles. The Labute approximate surface area is 101 Å². The summed E-state index contributed by atoms with van der Waals surface area (Å²) in [5, 5.41) is 2.17. The molecule has 4 nitrogen and oxygen atoms in total. The molecule has 4 heteroatoms. The third kappa shape index (κ3) is 1.12. The average molecular weight is 240 g/mol. The smallest absolute Gasteiger partial charge is 0.344 e. The Kier molecular flexibility index (Phi) is 1.73. The average Bonchev–Trinajstić information content (AvgIpc) is 2.87. The van der Waals surface area contributed by atoms with Gasteiger partial charge in [0.2, 0.25) is 6.79 Å². The molecule has 1 aliphatic heterocycles. The molecule has 0 N–H and O–H groups in total. The Hall–Kier alpha value is -2.49. The molecule has 0 spiro atoms. The molecule has 1 aliphatic rings. The maximum absolute atomic E-state index is 11.9. The molecule has 0 radical (unpaired) electrons. The monoisotopic (exact) mass is 240 g/mol. The van der Waals surface area contributed by atoms with E-state index >= 15 is 0 Å². The molecule has 1 aromatic heterocycles. The summed E-state index contributed by atoms with van der Waals surface area (Å²) >= 11 is 0. The van der Waals surface area contributed by atoms with E-state index in [4.69, 9.17) is 13.9 Å². The lowest BCUT2D eigenvalue weighted by Gasteiger charge is -2.05. The van der Waals surface area contributed by atoms with Crippen molar-refractivity contribution in [2.75, 3.05) is 6.79 Å². The zero-order valence-corrected chi connectivity index (χ0v) is 9.30. The molecular weight excluding hydrogens is 232 g/mol. The molecule has 18 heavy (non-hydrogen) atoms. The van der Waals surface area contributed by atoms with Crippen molar-refractivity contribution in [1.82, 2.24) is 0 Å². The number of hydrogen-bond acceptors (Lipinski definition) is 4. The van der Waals surface area contributed by atoms with Gasteiger partial charge in [-0.3, -0.25) is 0 Å². The highest BCUT2D eigenvalue weighted by Crippen LogP contribution is 2.41. The van der Waals surface area contributed by atoms with Gasteiger partial charge >= 0.3 is 5.63 Å². The second-order valence-electron chi connectivity index (χ2n) is 4.11. The van der Waals surface area contributed by atoms with E-state index in [1.807, 2.05) is 18.2 Å². The van der Waals surface area contributed by atoms with Crippen LogP contribution in [0.5, 0.6) is 11.5 Å².